The summed E-state index contributed by atoms with van der Waals surface area (Å²) in [6.07, 6.45) is 2.80. The zero-order valence-corrected chi connectivity index (χ0v) is 13.8. The number of nitrogens with one attached hydrogen (secondary N) is 1. The van der Waals surface area contributed by atoms with Gasteiger partial charge in [-0.2, -0.15) is 4.31 Å². The van der Waals surface area contributed by atoms with Gasteiger partial charge in [-0.1, -0.05) is 18.2 Å². The fraction of sp³-hybridized carbons (Fsp3) is 0.235. The number of hydrogen-bond donors (Lipinski definition) is 1. The van der Waals surface area contributed by atoms with Gasteiger partial charge in [-0.15, -0.1) is 0 Å². The quantitative estimate of drug-likeness (QED) is 0.776. The lowest BCUT2D eigenvalue weighted by Crippen LogP contribution is -2.38. The van der Waals surface area contributed by atoms with Crippen LogP contribution in [0.3, 0.4) is 0 Å². The van der Waals surface area contributed by atoms with Crippen LogP contribution in [0.5, 0.6) is 0 Å². The van der Waals surface area contributed by atoms with Crippen LogP contribution in [-0.2, 0) is 16.4 Å². The van der Waals surface area contributed by atoms with Gasteiger partial charge >= 0.3 is 0 Å². The van der Waals surface area contributed by atoms with Crippen molar-refractivity contribution >= 4 is 20.9 Å². The monoisotopic (exact) mass is 345 g/mol. The van der Waals surface area contributed by atoms with Gasteiger partial charge in [0.15, 0.2) is 0 Å². The van der Waals surface area contributed by atoms with E-state index in [2.05, 4.69) is 9.97 Å². The van der Waals surface area contributed by atoms with Crippen molar-refractivity contribution in [3.05, 3.63) is 59.8 Å². The summed E-state index contributed by atoms with van der Waals surface area (Å²) in [5.74, 6) is -0.660. The lowest BCUT2D eigenvalue weighted by molar-refractivity contribution is 0.322. The molecule has 0 saturated carbocycles. The molecule has 5 nitrogen and oxygen atoms in total. The number of fused-ring (bicyclic) bond motifs is 3. The SMILES string of the molecule is CC1c2[nH]c3ccccc3c2CCN1S(=O)(=O)c1cncc(F)c1. The number of aromatic amines is 1. The maximum absolute atomic E-state index is 13.4. The van der Waals surface area contributed by atoms with Crippen LogP contribution in [0, 0.1) is 5.82 Å². The molecule has 0 aliphatic carbocycles. The first-order valence-electron chi connectivity index (χ1n) is 7.70. The van der Waals surface area contributed by atoms with E-state index in [1.54, 1.807) is 0 Å². The summed E-state index contributed by atoms with van der Waals surface area (Å²) in [6.45, 7) is 2.20. The molecule has 7 heteroatoms. The molecular weight excluding hydrogens is 329 g/mol. The van der Waals surface area contributed by atoms with Crippen LogP contribution in [0.4, 0.5) is 4.39 Å². The third kappa shape index (κ3) is 2.23. The van der Waals surface area contributed by atoms with Crippen LogP contribution in [0.25, 0.3) is 10.9 Å². The van der Waals surface area contributed by atoms with E-state index in [0.717, 1.165) is 34.4 Å². The Hall–Kier alpha value is -2.25. The van der Waals surface area contributed by atoms with Crippen LogP contribution in [0.15, 0.2) is 47.6 Å². The van der Waals surface area contributed by atoms with E-state index in [4.69, 9.17) is 0 Å². The molecule has 1 atom stereocenters. The summed E-state index contributed by atoms with van der Waals surface area (Å²) < 4.78 is 40.6. The van der Waals surface area contributed by atoms with Crippen molar-refractivity contribution in [2.24, 2.45) is 0 Å². The van der Waals surface area contributed by atoms with Gasteiger partial charge in [0.2, 0.25) is 10.0 Å². The Morgan fingerprint density at radius 3 is 2.88 bits per heavy atom. The smallest absolute Gasteiger partial charge is 0.245 e. The van der Waals surface area contributed by atoms with Crippen LogP contribution in [-0.4, -0.2) is 29.2 Å². The van der Waals surface area contributed by atoms with E-state index in [0.29, 0.717) is 13.0 Å². The van der Waals surface area contributed by atoms with Crippen LogP contribution in [0.1, 0.15) is 24.2 Å². The standard InChI is InChI=1S/C17H16FN3O2S/c1-11-17-15(14-4-2-3-5-16(14)20-17)6-7-21(11)24(22,23)13-8-12(18)9-19-10-13/h2-5,8-11,20H,6-7H2,1H3. The molecule has 3 aromatic rings. The van der Waals surface area contributed by atoms with E-state index in [9.17, 15) is 12.8 Å². The summed E-state index contributed by atoms with van der Waals surface area (Å²) >= 11 is 0. The number of rotatable bonds is 2. The Kier molecular flexibility index (Phi) is 3.43. The predicted molar refractivity (Wildman–Crippen MR) is 88.5 cm³/mol. The largest absolute Gasteiger partial charge is 0.357 e. The molecule has 4 rings (SSSR count). The Bertz CT molecular complexity index is 1030. The number of aromatic nitrogens is 2. The first kappa shape index (κ1) is 15.3. The molecule has 0 fully saturated rings. The minimum atomic E-state index is -3.80. The highest BCUT2D eigenvalue weighted by Crippen LogP contribution is 2.36. The maximum Gasteiger partial charge on any atom is 0.245 e. The lowest BCUT2D eigenvalue weighted by Gasteiger charge is -2.32. The fourth-order valence-electron chi connectivity index (χ4n) is 3.40. The highest BCUT2D eigenvalue weighted by molar-refractivity contribution is 7.89. The number of sulfonamides is 1. The number of halogens is 1. The van der Waals surface area contributed by atoms with Gasteiger partial charge in [0.25, 0.3) is 0 Å². The van der Waals surface area contributed by atoms with E-state index in [1.165, 1.54) is 10.5 Å². The van der Waals surface area contributed by atoms with Gasteiger partial charge in [0.1, 0.15) is 10.7 Å². The zero-order valence-electron chi connectivity index (χ0n) is 13.0. The van der Waals surface area contributed by atoms with Gasteiger partial charge < -0.3 is 4.98 Å². The van der Waals surface area contributed by atoms with Crippen molar-refractivity contribution in [2.45, 2.75) is 24.3 Å². The van der Waals surface area contributed by atoms with Crippen LogP contribution < -0.4 is 0 Å². The highest BCUT2D eigenvalue weighted by Gasteiger charge is 2.36. The highest BCUT2D eigenvalue weighted by atomic mass is 32.2. The van der Waals surface area contributed by atoms with Crippen molar-refractivity contribution in [3.8, 4) is 0 Å². The van der Waals surface area contributed by atoms with Crippen molar-refractivity contribution in [1.82, 2.24) is 14.3 Å². The van der Waals surface area contributed by atoms with Crippen molar-refractivity contribution in [2.75, 3.05) is 6.54 Å². The number of para-hydroxylation sites is 1. The molecule has 3 heterocycles. The zero-order chi connectivity index (χ0) is 16.9. The summed E-state index contributed by atoms with van der Waals surface area (Å²) in [6, 6.07) is 8.60. The second-order valence-corrected chi connectivity index (χ2v) is 7.83. The Morgan fingerprint density at radius 2 is 2.08 bits per heavy atom. The Morgan fingerprint density at radius 1 is 1.29 bits per heavy atom. The molecular formula is C17H16FN3O2S. The van der Waals surface area contributed by atoms with E-state index in [-0.39, 0.29) is 10.9 Å². The van der Waals surface area contributed by atoms with E-state index in [1.807, 2.05) is 31.2 Å². The third-order valence-corrected chi connectivity index (χ3v) is 6.50. The molecule has 1 aliphatic rings. The molecule has 1 aromatic carbocycles. The Balaban J connectivity index is 1.79. The summed E-state index contributed by atoms with van der Waals surface area (Å²) in [5, 5.41) is 1.13. The molecule has 0 amide bonds. The molecule has 124 valence electrons. The molecule has 1 aliphatic heterocycles. The minimum absolute atomic E-state index is 0.117. The number of nitrogens with zero attached hydrogens (tertiary/aromatic N) is 2. The number of hydrogen-bond acceptors (Lipinski definition) is 3. The van der Waals surface area contributed by atoms with Gasteiger partial charge in [0.05, 0.1) is 12.2 Å². The topological polar surface area (TPSA) is 66.1 Å². The van der Waals surface area contributed by atoms with Crippen LogP contribution in [0.2, 0.25) is 0 Å². The normalized spacial score (nSPS) is 18.7. The summed E-state index contributed by atoms with van der Waals surface area (Å²) in [4.78, 5) is 6.88. The second kappa shape index (κ2) is 5.39. The van der Waals surface area contributed by atoms with E-state index < -0.39 is 15.8 Å². The minimum Gasteiger partial charge on any atom is -0.357 e. The first-order valence-corrected chi connectivity index (χ1v) is 9.14. The maximum atomic E-state index is 13.4. The van der Waals surface area contributed by atoms with Crippen molar-refractivity contribution in [3.63, 3.8) is 0 Å². The van der Waals surface area contributed by atoms with Crippen LogP contribution >= 0.6 is 0 Å². The Labute approximate surface area is 139 Å². The van der Waals surface area contributed by atoms with Gasteiger partial charge in [-0.3, -0.25) is 4.98 Å². The second-order valence-electron chi connectivity index (χ2n) is 5.94. The predicted octanol–water partition coefficient (Wildman–Crippen LogP) is 3.01. The molecule has 0 bridgehead atoms. The fourth-order valence-corrected chi connectivity index (χ4v) is 4.98. The van der Waals surface area contributed by atoms with E-state index >= 15 is 0 Å². The average molecular weight is 345 g/mol. The molecule has 1 unspecified atom stereocenters. The molecule has 1 N–H and O–H groups in total. The summed E-state index contributed by atoms with van der Waals surface area (Å²) in [7, 11) is -3.80. The van der Waals surface area contributed by atoms with Gasteiger partial charge in [-0.25, -0.2) is 12.8 Å². The molecule has 2 aromatic heterocycles. The van der Waals surface area contributed by atoms with Crippen molar-refractivity contribution < 1.29 is 12.8 Å². The number of H-pyrrole nitrogens is 1. The first-order chi connectivity index (χ1) is 11.5. The molecule has 0 radical (unpaired) electrons. The molecule has 0 saturated heterocycles. The van der Waals surface area contributed by atoms with Gasteiger partial charge in [-0.05, 0) is 31.0 Å². The molecule has 0 spiro atoms. The average Bonchev–Trinajstić information content (AvgIpc) is 2.95. The molecule has 24 heavy (non-hydrogen) atoms. The number of benzene rings is 1. The number of pyridine rings is 1. The van der Waals surface area contributed by atoms with Crippen molar-refractivity contribution in [1.29, 1.82) is 0 Å². The van der Waals surface area contributed by atoms with Gasteiger partial charge in [0, 0.05) is 29.3 Å². The lowest BCUT2D eigenvalue weighted by atomic mass is 10.0. The summed E-state index contributed by atoms with van der Waals surface area (Å²) in [5.41, 5.74) is 3.05. The third-order valence-electron chi connectivity index (χ3n) is 4.56.